The van der Waals surface area contributed by atoms with Crippen molar-refractivity contribution in [2.75, 3.05) is 17.2 Å². The van der Waals surface area contributed by atoms with Gasteiger partial charge in [0.25, 0.3) is 5.91 Å². The predicted octanol–water partition coefficient (Wildman–Crippen LogP) is 2.70. The van der Waals surface area contributed by atoms with Crippen LogP contribution in [0.4, 0.5) is 11.4 Å². The van der Waals surface area contributed by atoms with Gasteiger partial charge in [-0.25, -0.2) is 0 Å². The molecule has 29 heavy (non-hydrogen) atoms. The number of carbonyl (C=O) groups excluding carboxylic acids is 3. The van der Waals surface area contributed by atoms with Crippen molar-refractivity contribution in [2.24, 2.45) is 5.92 Å². The van der Waals surface area contributed by atoms with E-state index in [-0.39, 0.29) is 24.1 Å². The van der Waals surface area contributed by atoms with Crippen molar-refractivity contribution in [3.8, 4) is 5.75 Å². The van der Waals surface area contributed by atoms with Crippen molar-refractivity contribution in [2.45, 2.75) is 32.9 Å². The monoisotopic (exact) mass is 393 g/mol. The molecule has 150 valence electrons. The summed E-state index contributed by atoms with van der Waals surface area (Å²) in [4.78, 5) is 38.5. The lowest BCUT2D eigenvalue weighted by Crippen LogP contribution is -2.34. The molecule has 3 amide bonds. The van der Waals surface area contributed by atoms with E-state index in [1.807, 2.05) is 31.2 Å². The van der Waals surface area contributed by atoms with Gasteiger partial charge in [-0.1, -0.05) is 29.8 Å². The number of nitrogens with one attached hydrogen (secondary N) is 2. The number of rotatable bonds is 4. The van der Waals surface area contributed by atoms with Gasteiger partial charge in [0, 0.05) is 25.2 Å². The maximum atomic E-state index is 12.7. The van der Waals surface area contributed by atoms with E-state index in [9.17, 15) is 14.4 Å². The van der Waals surface area contributed by atoms with Gasteiger partial charge in [0.1, 0.15) is 5.75 Å². The lowest BCUT2D eigenvalue weighted by Gasteiger charge is -2.24. The van der Waals surface area contributed by atoms with Gasteiger partial charge in [0.05, 0.1) is 11.6 Å². The van der Waals surface area contributed by atoms with Gasteiger partial charge in [-0.3, -0.25) is 14.4 Å². The molecule has 1 saturated heterocycles. The summed E-state index contributed by atoms with van der Waals surface area (Å²) in [5.74, 6) is -0.300. The Balaban J connectivity index is 1.39. The van der Waals surface area contributed by atoms with Crippen molar-refractivity contribution >= 4 is 29.1 Å². The van der Waals surface area contributed by atoms with E-state index < -0.39 is 12.0 Å². The third-order valence-corrected chi connectivity index (χ3v) is 5.26. The molecule has 0 aromatic heterocycles. The van der Waals surface area contributed by atoms with Crippen LogP contribution in [-0.2, 0) is 20.9 Å². The molecule has 0 saturated carbocycles. The Morgan fingerprint density at radius 2 is 1.97 bits per heavy atom. The highest BCUT2D eigenvalue weighted by atomic mass is 16.5. The Hall–Kier alpha value is -3.35. The van der Waals surface area contributed by atoms with Crippen LogP contribution in [0.25, 0.3) is 0 Å². The van der Waals surface area contributed by atoms with Gasteiger partial charge >= 0.3 is 0 Å². The molecular weight excluding hydrogens is 370 g/mol. The highest BCUT2D eigenvalue weighted by Gasteiger charge is 2.34. The quantitative estimate of drug-likeness (QED) is 0.836. The number of hydrogen-bond donors (Lipinski definition) is 2. The van der Waals surface area contributed by atoms with Gasteiger partial charge in [-0.2, -0.15) is 0 Å². The Morgan fingerprint density at radius 1 is 1.21 bits per heavy atom. The van der Waals surface area contributed by atoms with Crippen LogP contribution in [0.1, 0.15) is 24.5 Å². The molecule has 7 nitrogen and oxygen atoms in total. The second-order valence-electron chi connectivity index (χ2n) is 7.61. The number of nitrogens with zero attached hydrogens (tertiary/aromatic N) is 1. The minimum atomic E-state index is -0.549. The first kappa shape index (κ1) is 19.0. The summed E-state index contributed by atoms with van der Waals surface area (Å²) in [7, 11) is 0. The number of amides is 3. The minimum Gasteiger partial charge on any atom is -0.479 e. The van der Waals surface area contributed by atoms with Crippen molar-refractivity contribution < 1.29 is 19.1 Å². The van der Waals surface area contributed by atoms with E-state index in [1.54, 1.807) is 30.0 Å². The van der Waals surface area contributed by atoms with Gasteiger partial charge in [-0.15, -0.1) is 0 Å². The van der Waals surface area contributed by atoms with E-state index in [0.717, 1.165) is 5.56 Å². The van der Waals surface area contributed by atoms with Crippen LogP contribution in [0.2, 0.25) is 0 Å². The Morgan fingerprint density at radius 3 is 2.72 bits per heavy atom. The predicted molar refractivity (Wildman–Crippen MR) is 108 cm³/mol. The second-order valence-corrected chi connectivity index (χ2v) is 7.61. The van der Waals surface area contributed by atoms with Crippen molar-refractivity contribution in [1.82, 2.24) is 4.90 Å². The fourth-order valence-corrected chi connectivity index (χ4v) is 3.55. The maximum Gasteiger partial charge on any atom is 0.265 e. The van der Waals surface area contributed by atoms with Crippen LogP contribution in [0, 0.1) is 12.8 Å². The van der Waals surface area contributed by atoms with E-state index in [0.29, 0.717) is 30.2 Å². The number of aryl methyl sites for hydroxylation is 1. The lowest BCUT2D eigenvalue weighted by atomic mass is 10.1. The van der Waals surface area contributed by atoms with Crippen LogP contribution < -0.4 is 15.4 Å². The summed E-state index contributed by atoms with van der Waals surface area (Å²) < 4.78 is 5.52. The van der Waals surface area contributed by atoms with E-state index in [2.05, 4.69) is 10.6 Å². The zero-order chi connectivity index (χ0) is 20.5. The number of benzene rings is 2. The number of anilines is 2. The summed E-state index contributed by atoms with van der Waals surface area (Å²) in [6, 6.07) is 13.1. The standard InChI is InChI=1S/C22H23N3O4/c1-13-3-5-15(6-4-13)11-25-12-16(9-20(25)26)22(28)23-17-7-8-19-18(10-17)24-21(27)14(2)29-19/h3-8,10,14,16H,9,11-12H2,1-2H3,(H,23,28)(H,24,27)/t14-,16+/m0/s1. The first-order valence-corrected chi connectivity index (χ1v) is 9.65. The van der Waals surface area contributed by atoms with Gasteiger partial charge in [-0.05, 0) is 37.6 Å². The van der Waals surface area contributed by atoms with Crippen LogP contribution in [-0.4, -0.2) is 35.3 Å². The normalized spacial score (nSPS) is 20.7. The molecule has 7 heteroatoms. The summed E-state index contributed by atoms with van der Waals surface area (Å²) in [5, 5.41) is 5.61. The number of ether oxygens (including phenoxy) is 1. The third kappa shape index (κ3) is 4.08. The molecule has 0 spiro atoms. The molecular formula is C22H23N3O4. The molecule has 2 aromatic rings. The molecule has 4 rings (SSSR count). The molecule has 2 aliphatic heterocycles. The lowest BCUT2D eigenvalue weighted by molar-refractivity contribution is -0.128. The summed E-state index contributed by atoms with van der Waals surface area (Å²) >= 11 is 0. The van der Waals surface area contributed by atoms with E-state index >= 15 is 0 Å². The fourth-order valence-electron chi connectivity index (χ4n) is 3.55. The second kappa shape index (κ2) is 7.58. The largest absolute Gasteiger partial charge is 0.479 e. The van der Waals surface area contributed by atoms with Crippen molar-refractivity contribution in [3.05, 3.63) is 53.6 Å². The first-order chi connectivity index (χ1) is 13.9. The molecule has 0 radical (unpaired) electrons. The molecule has 2 aromatic carbocycles. The van der Waals surface area contributed by atoms with E-state index in [4.69, 9.17) is 4.74 Å². The topological polar surface area (TPSA) is 87.7 Å². The summed E-state index contributed by atoms with van der Waals surface area (Å²) in [6.07, 6.45) is -0.355. The molecule has 2 heterocycles. The highest BCUT2D eigenvalue weighted by molar-refractivity contribution is 6.00. The molecule has 2 N–H and O–H groups in total. The maximum absolute atomic E-state index is 12.7. The number of fused-ring (bicyclic) bond motifs is 1. The van der Waals surface area contributed by atoms with Crippen LogP contribution in [0.15, 0.2) is 42.5 Å². The Kier molecular flexibility index (Phi) is 4.96. The summed E-state index contributed by atoms with van der Waals surface area (Å²) in [5.41, 5.74) is 3.29. The van der Waals surface area contributed by atoms with E-state index in [1.165, 1.54) is 5.56 Å². The Labute approximate surface area is 169 Å². The van der Waals surface area contributed by atoms with Crippen molar-refractivity contribution in [1.29, 1.82) is 0 Å². The van der Waals surface area contributed by atoms with Crippen LogP contribution in [0.5, 0.6) is 5.75 Å². The molecule has 0 aliphatic carbocycles. The molecule has 1 fully saturated rings. The van der Waals surface area contributed by atoms with Gasteiger partial charge < -0.3 is 20.3 Å². The van der Waals surface area contributed by atoms with Crippen molar-refractivity contribution in [3.63, 3.8) is 0 Å². The highest BCUT2D eigenvalue weighted by Crippen LogP contribution is 2.32. The molecule has 0 bridgehead atoms. The zero-order valence-electron chi connectivity index (χ0n) is 16.4. The minimum absolute atomic E-state index is 0.0224. The van der Waals surface area contributed by atoms with Gasteiger partial charge in [0.15, 0.2) is 6.10 Å². The Bertz CT molecular complexity index is 971. The number of likely N-dealkylation sites (tertiary alicyclic amines) is 1. The average Bonchev–Trinajstić information content (AvgIpc) is 3.05. The smallest absolute Gasteiger partial charge is 0.265 e. The first-order valence-electron chi connectivity index (χ1n) is 9.65. The fraction of sp³-hybridized carbons (Fsp3) is 0.318. The average molecular weight is 393 g/mol. The molecule has 0 unspecified atom stereocenters. The van der Waals surface area contributed by atoms with Crippen LogP contribution >= 0.6 is 0 Å². The number of hydrogen-bond acceptors (Lipinski definition) is 4. The van der Waals surface area contributed by atoms with Gasteiger partial charge in [0.2, 0.25) is 11.8 Å². The summed E-state index contributed by atoms with van der Waals surface area (Å²) in [6.45, 7) is 4.58. The van der Waals surface area contributed by atoms with Crippen LogP contribution in [0.3, 0.4) is 0 Å². The SMILES string of the molecule is Cc1ccc(CN2C[C@H](C(=O)Nc3ccc4c(c3)NC(=O)[C@H](C)O4)CC2=O)cc1. The molecule has 2 atom stereocenters. The number of carbonyl (C=O) groups is 3. The third-order valence-electron chi connectivity index (χ3n) is 5.26. The zero-order valence-corrected chi connectivity index (χ0v) is 16.4. The molecule has 2 aliphatic rings.